The fraction of sp³-hybridized carbons (Fsp3) is 0.364. The van der Waals surface area contributed by atoms with E-state index < -0.39 is 6.04 Å². The largest absolute Gasteiger partial charge is 0.484 e. The number of ether oxygens (including phenoxy) is 1. The van der Waals surface area contributed by atoms with E-state index in [1.165, 1.54) is 22.6 Å². The molecule has 0 spiro atoms. The standard InChI is InChI=1S/C22H27FN2O3/c1-4-17-8-12-20(13-9-17)28-15-21(26)25(16(3)22(27)24-5-2)14-18-6-10-19(23)11-7-18/h6-13,16H,4-5,14-15H2,1-3H3,(H,24,27). The molecule has 6 heteroatoms. The van der Waals surface area contributed by atoms with Crippen molar-refractivity contribution in [3.05, 3.63) is 65.5 Å². The van der Waals surface area contributed by atoms with Gasteiger partial charge in [-0.25, -0.2) is 4.39 Å². The third-order valence-electron chi connectivity index (χ3n) is 4.48. The second-order valence-electron chi connectivity index (χ2n) is 6.50. The maximum Gasteiger partial charge on any atom is 0.261 e. The first-order chi connectivity index (χ1) is 13.4. The molecule has 2 rings (SSSR count). The molecule has 1 unspecified atom stereocenters. The number of hydrogen-bond donors (Lipinski definition) is 1. The van der Waals surface area contributed by atoms with Crippen molar-refractivity contribution in [2.75, 3.05) is 13.2 Å². The van der Waals surface area contributed by atoms with E-state index in [0.717, 1.165) is 12.0 Å². The number of carbonyl (C=O) groups is 2. The van der Waals surface area contributed by atoms with E-state index in [9.17, 15) is 14.0 Å². The van der Waals surface area contributed by atoms with E-state index in [4.69, 9.17) is 4.74 Å². The van der Waals surface area contributed by atoms with Crippen molar-refractivity contribution in [2.24, 2.45) is 0 Å². The monoisotopic (exact) mass is 386 g/mol. The molecule has 2 aromatic carbocycles. The number of nitrogens with one attached hydrogen (secondary N) is 1. The molecule has 0 heterocycles. The van der Waals surface area contributed by atoms with Gasteiger partial charge in [-0.2, -0.15) is 0 Å². The van der Waals surface area contributed by atoms with Crippen molar-refractivity contribution in [2.45, 2.75) is 39.8 Å². The molecule has 0 radical (unpaired) electrons. The molecule has 1 atom stereocenters. The third-order valence-corrected chi connectivity index (χ3v) is 4.48. The van der Waals surface area contributed by atoms with Gasteiger partial charge in [0.1, 0.15) is 17.6 Å². The average Bonchev–Trinajstić information content (AvgIpc) is 2.71. The highest BCUT2D eigenvalue weighted by atomic mass is 19.1. The third kappa shape index (κ3) is 6.08. The molecule has 2 aromatic rings. The Bertz CT molecular complexity index is 775. The van der Waals surface area contributed by atoms with Gasteiger partial charge in [0.25, 0.3) is 5.91 Å². The maximum atomic E-state index is 13.2. The molecule has 5 nitrogen and oxygen atoms in total. The van der Waals surface area contributed by atoms with Gasteiger partial charge >= 0.3 is 0 Å². The van der Waals surface area contributed by atoms with Crippen LogP contribution in [0.25, 0.3) is 0 Å². The van der Waals surface area contributed by atoms with Crippen LogP contribution in [-0.2, 0) is 22.6 Å². The van der Waals surface area contributed by atoms with Crippen molar-refractivity contribution in [1.82, 2.24) is 10.2 Å². The van der Waals surface area contributed by atoms with Crippen LogP contribution in [0.1, 0.15) is 31.9 Å². The number of hydrogen-bond acceptors (Lipinski definition) is 3. The Balaban J connectivity index is 2.10. The molecule has 28 heavy (non-hydrogen) atoms. The molecule has 0 fully saturated rings. The highest BCUT2D eigenvalue weighted by Gasteiger charge is 2.26. The minimum absolute atomic E-state index is 0.184. The van der Waals surface area contributed by atoms with Crippen molar-refractivity contribution in [3.8, 4) is 5.75 Å². The summed E-state index contributed by atoms with van der Waals surface area (Å²) in [7, 11) is 0. The summed E-state index contributed by atoms with van der Waals surface area (Å²) in [6, 6.07) is 12.7. The van der Waals surface area contributed by atoms with E-state index in [2.05, 4.69) is 12.2 Å². The van der Waals surface area contributed by atoms with E-state index in [0.29, 0.717) is 12.3 Å². The topological polar surface area (TPSA) is 58.6 Å². The Morgan fingerprint density at radius 1 is 1.04 bits per heavy atom. The molecule has 0 aliphatic carbocycles. The zero-order valence-corrected chi connectivity index (χ0v) is 16.6. The summed E-state index contributed by atoms with van der Waals surface area (Å²) in [4.78, 5) is 26.5. The lowest BCUT2D eigenvalue weighted by Gasteiger charge is -2.28. The fourth-order valence-electron chi connectivity index (χ4n) is 2.74. The van der Waals surface area contributed by atoms with Crippen LogP contribution >= 0.6 is 0 Å². The number of benzene rings is 2. The summed E-state index contributed by atoms with van der Waals surface area (Å²) in [5.74, 6) is -0.317. The molecular weight excluding hydrogens is 359 g/mol. The predicted molar refractivity (Wildman–Crippen MR) is 106 cm³/mol. The van der Waals surface area contributed by atoms with Crippen LogP contribution in [0.2, 0.25) is 0 Å². The lowest BCUT2D eigenvalue weighted by molar-refractivity contribution is -0.142. The molecule has 0 saturated heterocycles. The van der Waals surface area contributed by atoms with Crippen LogP contribution in [-0.4, -0.2) is 35.9 Å². The van der Waals surface area contributed by atoms with Gasteiger partial charge in [-0.15, -0.1) is 0 Å². The summed E-state index contributed by atoms with van der Waals surface area (Å²) < 4.78 is 18.8. The molecule has 0 saturated carbocycles. The molecule has 0 aromatic heterocycles. The van der Waals surface area contributed by atoms with Gasteiger partial charge in [-0.05, 0) is 55.7 Å². The van der Waals surface area contributed by atoms with Gasteiger partial charge in [0, 0.05) is 13.1 Å². The first-order valence-corrected chi connectivity index (χ1v) is 9.48. The van der Waals surface area contributed by atoms with Crippen LogP contribution in [0.15, 0.2) is 48.5 Å². The highest BCUT2D eigenvalue weighted by Crippen LogP contribution is 2.14. The number of likely N-dealkylation sites (N-methyl/N-ethyl adjacent to an activating group) is 1. The highest BCUT2D eigenvalue weighted by molar-refractivity contribution is 5.87. The maximum absolute atomic E-state index is 13.2. The number of carbonyl (C=O) groups excluding carboxylic acids is 2. The lowest BCUT2D eigenvalue weighted by Crippen LogP contribution is -2.49. The molecule has 1 N–H and O–H groups in total. The number of aryl methyl sites for hydroxylation is 1. The minimum Gasteiger partial charge on any atom is -0.484 e. The Labute approximate surface area is 165 Å². The summed E-state index contributed by atoms with van der Waals surface area (Å²) in [6.45, 7) is 6.03. The van der Waals surface area contributed by atoms with Crippen LogP contribution in [0.3, 0.4) is 0 Å². The summed E-state index contributed by atoms with van der Waals surface area (Å²) >= 11 is 0. The normalized spacial score (nSPS) is 11.6. The first kappa shape index (κ1) is 21.4. The van der Waals surface area contributed by atoms with Gasteiger partial charge in [-0.1, -0.05) is 31.2 Å². The molecule has 0 aliphatic heterocycles. The van der Waals surface area contributed by atoms with Crippen molar-refractivity contribution in [3.63, 3.8) is 0 Å². The summed E-state index contributed by atoms with van der Waals surface area (Å²) in [5.41, 5.74) is 1.92. The minimum atomic E-state index is -0.677. The van der Waals surface area contributed by atoms with Crippen LogP contribution in [0.4, 0.5) is 4.39 Å². The number of amides is 2. The Morgan fingerprint density at radius 2 is 1.64 bits per heavy atom. The van der Waals surface area contributed by atoms with E-state index in [1.807, 2.05) is 31.2 Å². The van der Waals surface area contributed by atoms with Gasteiger partial charge in [0.05, 0.1) is 0 Å². The molecule has 0 aliphatic rings. The second kappa shape index (κ2) is 10.4. The smallest absolute Gasteiger partial charge is 0.261 e. The molecule has 2 amide bonds. The quantitative estimate of drug-likeness (QED) is 0.719. The van der Waals surface area contributed by atoms with Crippen LogP contribution < -0.4 is 10.1 Å². The van der Waals surface area contributed by atoms with Crippen molar-refractivity contribution in [1.29, 1.82) is 0 Å². The Kier molecular flexibility index (Phi) is 7.99. The first-order valence-electron chi connectivity index (χ1n) is 9.48. The zero-order valence-electron chi connectivity index (χ0n) is 16.6. The number of rotatable bonds is 9. The lowest BCUT2D eigenvalue weighted by atomic mass is 10.1. The van der Waals surface area contributed by atoms with Crippen LogP contribution in [0.5, 0.6) is 5.75 Å². The predicted octanol–water partition coefficient (Wildman–Crippen LogP) is 3.32. The van der Waals surface area contributed by atoms with Gasteiger partial charge < -0.3 is 15.0 Å². The van der Waals surface area contributed by atoms with Gasteiger partial charge in [0.2, 0.25) is 5.91 Å². The summed E-state index contributed by atoms with van der Waals surface area (Å²) in [6.07, 6.45) is 0.925. The average molecular weight is 386 g/mol. The van der Waals surface area contributed by atoms with E-state index >= 15 is 0 Å². The molecule has 0 bridgehead atoms. The number of nitrogens with zero attached hydrogens (tertiary/aromatic N) is 1. The Hall–Kier alpha value is -2.89. The van der Waals surface area contributed by atoms with Gasteiger partial charge in [-0.3, -0.25) is 9.59 Å². The second-order valence-corrected chi connectivity index (χ2v) is 6.50. The molecule has 150 valence electrons. The number of halogens is 1. The Morgan fingerprint density at radius 3 is 2.21 bits per heavy atom. The van der Waals surface area contributed by atoms with Crippen molar-refractivity contribution < 1.29 is 18.7 Å². The van der Waals surface area contributed by atoms with Crippen LogP contribution in [0, 0.1) is 5.82 Å². The SMILES string of the molecule is CCNC(=O)C(C)N(Cc1ccc(F)cc1)C(=O)COc1ccc(CC)cc1. The van der Waals surface area contributed by atoms with Crippen molar-refractivity contribution >= 4 is 11.8 Å². The molecular formula is C22H27FN2O3. The van der Waals surface area contributed by atoms with E-state index in [-0.39, 0.29) is 30.8 Å². The van der Waals surface area contributed by atoms with E-state index in [1.54, 1.807) is 19.1 Å². The zero-order chi connectivity index (χ0) is 20.5. The summed E-state index contributed by atoms with van der Waals surface area (Å²) in [5, 5.41) is 2.73. The fourth-order valence-corrected chi connectivity index (χ4v) is 2.74. The van der Waals surface area contributed by atoms with Gasteiger partial charge in [0.15, 0.2) is 6.61 Å².